The smallest absolute Gasteiger partial charge is 0.241 e. The quantitative estimate of drug-likeness (QED) is 0.906. The van der Waals surface area contributed by atoms with Gasteiger partial charge in [-0.2, -0.15) is 0 Å². The van der Waals surface area contributed by atoms with E-state index >= 15 is 0 Å². The van der Waals surface area contributed by atoms with Crippen molar-refractivity contribution in [3.05, 3.63) is 30.1 Å². The number of hydrogen-bond donors (Lipinski definition) is 1. The minimum Gasteiger partial charge on any atom is -0.314 e. The van der Waals surface area contributed by atoms with E-state index in [4.69, 9.17) is 0 Å². The number of hydrogen-bond acceptors (Lipinski definition) is 3. The van der Waals surface area contributed by atoms with Gasteiger partial charge in [0.2, 0.25) is 5.91 Å². The van der Waals surface area contributed by atoms with Gasteiger partial charge >= 0.3 is 0 Å². The van der Waals surface area contributed by atoms with Gasteiger partial charge in [-0.1, -0.05) is 0 Å². The normalized spacial score (nSPS) is 19.9. The predicted molar refractivity (Wildman–Crippen MR) is 78.3 cm³/mol. The fourth-order valence-electron chi connectivity index (χ4n) is 2.50. The summed E-state index contributed by atoms with van der Waals surface area (Å²) in [7, 11) is 0. The predicted octanol–water partition coefficient (Wildman–Crippen LogP) is 1.47. The molecule has 1 aromatic rings. The standard InChI is InChI=1S/C15H22FN3O/c1-3-19(14-6-4-13(16)5-7-14)15(20)11-18-9-8-17-10-12(18)2/h4-7,12,17H,3,8-11H2,1-2H3/t12-/m0/s1. The number of nitrogens with zero attached hydrogens (tertiary/aromatic N) is 2. The number of carbonyl (C=O) groups is 1. The summed E-state index contributed by atoms with van der Waals surface area (Å²) in [6, 6.07) is 6.44. The first-order valence-electron chi connectivity index (χ1n) is 7.12. The lowest BCUT2D eigenvalue weighted by Gasteiger charge is -2.34. The van der Waals surface area contributed by atoms with Gasteiger partial charge in [0.15, 0.2) is 0 Å². The van der Waals surface area contributed by atoms with Gasteiger partial charge in [-0.05, 0) is 38.1 Å². The Hall–Kier alpha value is -1.46. The second kappa shape index (κ2) is 6.81. The Morgan fingerprint density at radius 3 is 2.75 bits per heavy atom. The van der Waals surface area contributed by atoms with Crippen molar-refractivity contribution in [3.63, 3.8) is 0 Å². The van der Waals surface area contributed by atoms with E-state index in [1.807, 2.05) is 6.92 Å². The summed E-state index contributed by atoms with van der Waals surface area (Å²) in [4.78, 5) is 16.3. The van der Waals surface area contributed by atoms with Crippen molar-refractivity contribution in [1.29, 1.82) is 0 Å². The molecule has 1 N–H and O–H groups in total. The molecule has 0 aliphatic carbocycles. The number of anilines is 1. The Bertz CT molecular complexity index is 449. The van der Waals surface area contributed by atoms with Crippen LogP contribution in [-0.4, -0.2) is 49.6 Å². The summed E-state index contributed by atoms with van der Waals surface area (Å²) < 4.78 is 13.0. The van der Waals surface area contributed by atoms with Crippen LogP contribution in [0.5, 0.6) is 0 Å². The molecule has 4 nitrogen and oxygen atoms in total. The van der Waals surface area contributed by atoms with Crippen molar-refractivity contribution in [2.45, 2.75) is 19.9 Å². The molecule has 20 heavy (non-hydrogen) atoms. The van der Waals surface area contributed by atoms with E-state index in [-0.39, 0.29) is 11.7 Å². The lowest BCUT2D eigenvalue weighted by atomic mass is 10.2. The third kappa shape index (κ3) is 3.55. The summed E-state index contributed by atoms with van der Waals surface area (Å²) >= 11 is 0. The molecule has 1 aromatic carbocycles. The zero-order valence-electron chi connectivity index (χ0n) is 12.1. The first kappa shape index (κ1) is 14.9. The molecule has 0 unspecified atom stereocenters. The van der Waals surface area contributed by atoms with Gasteiger partial charge < -0.3 is 10.2 Å². The van der Waals surface area contributed by atoms with Crippen LogP contribution < -0.4 is 10.2 Å². The first-order valence-corrected chi connectivity index (χ1v) is 7.12. The molecule has 110 valence electrons. The van der Waals surface area contributed by atoms with Gasteiger partial charge in [0.25, 0.3) is 0 Å². The average molecular weight is 279 g/mol. The zero-order chi connectivity index (χ0) is 14.5. The summed E-state index contributed by atoms with van der Waals surface area (Å²) in [6.45, 7) is 7.76. The maximum atomic E-state index is 13.0. The molecule has 2 rings (SSSR count). The molecule has 1 fully saturated rings. The van der Waals surface area contributed by atoms with Crippen molar-refractivity contribution < 1.29 is 9.18 Å². The van der Waals surface area contributed by atoms with Crippen LogP contribution in [0, 0.1) is 5.82 Å². The summed E-state index contributed by atoms with van der Waals surface area (Å²) in [5, 5.41) is 3.31. The number of halogens is 1. The van der Waals surface area contributed by atoms with Crippen LogP contribution >= 0.6 is 0 Å². The van der Waals surface area contributed by atoms with Crippen LogP contribution in [-0.2, 0) is 4.79 Å². The number of likely N-dealkylation sites (N-methyl/N-ethyl adjacent to an activating group) is 1. The van der Waals surface area contributed by atoms with E-state index in [0.29, 0.717) is 19.1 Å². The Kier molecular flexibility index (Phi) is 5.09. The minimum absolute atomic E-state index is 0.0628. The van der Waals surface area contributed by atoms with Gasteiger partial charge in [-0.15, -0.1) is 0 Å². The molecular weight excluding hydrogens is 257 g/mol. The number of nitrogens with one attached hydrogen (secondary N) is 1. The second-order valence-corrected chi connectivity index (χ2v) is 5.14. The van der Waals surface area contributed by atoms with Crippen LogP contribution in [0.3, 0.4) is 0 Å². The molecule has 0 bridgehead atoms. The number of rotatable bonds is 4. The lowest BCUT2D eigenvalue weighted by Crippen LogP contribution is -2.53. The van der Waals surface area contributed by atoms with E-state index in [0.717, 1.165) is 25.3 Å². The maximum Gasteiger partial charge on any atom is 0.241 e. The largest absolute Gasteiger partial charge is 0.314 e. The molecule has 0 saturated carbocycles. The highest BCUT2D eigenvalue weighted by atomic mass is 19.1. The van der Waals surface area contributed by atoms with Crippen LogP contribution in [0.4, 0.5) is 10.1 Å². The fraction of sp³-hybridized carbons (Fsp3) is 0.533. The SMILES string of the molecule is CCN(C(=O)CN1CCNC[C@@H]1C)c1ccc(F)cc1. The van der Waals surface area contributed by atoms with E-state index in [1.165, 1.54) is 12.1 Å². The van der Waals surface area contributed by atoms with Crippen LogP contribution in [0.1, 0.15) is 13.8 Å². The topological polar surface area (TPSA) is 35.6 Å². The molecule has 0 radical (unpaired) electrons. The van der Waals surface area contributed by atoms with Gasteiger partial charge in [0.1, 0.15) is 5.82 Å². The fourth-order valence-corrected chi connectivity index (χ4v) is 2.50. The number of benzene rings is 1. The number of amides is 1. The van der Waals surface area contributed by atoms with Gasteiger partial charge in [-0.25, -0.2) is 4.39 Å². The Labute approximate surface area is 119 Å². The number of carbonyl (C=O) groups excluding carboxylic acids is 1. The van der Waals surface area contributed by atoms with E-state index < -0.39 is 0 Å². The van der Waals surface area contributed by atoms with E-state index in [1.54, 1.807) is 17.0 Å². The third-order valence-electron chi connectivity index (χ3n) is 3.73. The molecule has 5 heteroatoms. The Balaban J connectivity index is 2.03. The third-order valence-corrected chi connectivity index (χ3v) is 3.73. The van der Waals surface area contributed by atoms with Gasteiger partial charge in [-0.3, -0.25) is 9.69 Å². The lowest BCUT2D eigenvalue weighted by molar-refractivity contribution is -0.120. The van der Waals surface area contributed by atoms with Crippen molar-refractivity contribution in [3.8, 4) is 0 Å². The van der Waals surface area contributed by atoms with E-state index in [2.05, 4.69) is 17.1 Å². The van der Waals surface area contributed by atoms with Crippen LogP contribution in [0.15, 0.2) is 24.3 Å². The molecule has 0 aromatic heterocycles. The molecule has 0 spiro atoms. The molecular formula is C15H22FN3O. The highest BCUT2D eigenvalue weighted by Gasteiger charge is 2.23. The Morgan fingerprint density at radius 2 is 2.15 bits per heavy atom. The molecule has 1 heterocycles. The second-order valence-electron chi connectivity index (χ2n) is 5.14. The molecule has 1 saturated heterocycles. The van der Waals surface area contributed by atoms with Crippen molar-refractivity contribution in [1.82, 2.24) is 10.2 Å². The monoisotopic (exact) mass is 279 g/mol. The van der Waals surface area contributed by atoms with Crippen molar-refractivity contribution in [2.24, 2.45) is 0 Å². The molecule has 1 aliphatic heterocycles. The summed E-state index contributed by atoms with van der Waals surface area (Å²) in [5.41, 5.74) is 0.752. The highest BCUT2D eigenvalue weighted by Crippen LogP contribution is 2.15. The van der Waals surface area contributed by atoms with Crippen LogP contribution in [0.25, 0.3) is 0 Å². The average Bonchev–Trinajstić information content (AvgIpc) is 2.44. The first-order chi connectivity index (χ1) is 9.61. The summed E-state index contributed by atoms with van der Waals surface area (Å²) in [5.74, 6) is -0.221. The maximum absolute atomic E-state index is 13.0. The van der Waals surface area contributed by atoms with E-state index in [9.17, 15) is 9.18 Å². The molecule has 1 atom stereocenters. The molecule has 1 aliphatic rings. The highest BCUT2D eigenvalue weighted by molar-refractivity contribution is 5.94. The van der Waals surface area contributed by atoms with Crippen molar-refractivity contribution in [2.75, 3.05) is 37.6 Å². The molecule has 1 amide bonds. The van der Waals surface area contributed by atoms with Crippen LogP contribution in [0.2, 0.25) is 0 Å². The minimum atomic E-state index is -0.284. The summed E-state index contributed by atoms with van der Waals surface area (Å²) in [6.07, 6.45) is 0. The van der Waals surface area contributed by atoms with Crippen molar-refractivity contribution >= 4 is 11.6 Å². The zero-order valence-corrected chi connectivity index (χ0v) is 12.1. The Morgan fingerprint density at radius 1 is 1.45 bits per heavy atom. The van der Waals surface area contributed by atoms with Gasteiger partial charge in [0, 0.05) is 37.9 Å². The number of piperazine rings is 1. The van der Waals surface area contributed by atoms with Gasteiger partial charge in [0.05, 0.1) is 6.54 Å².